The third kappa shape index (κ3) is 8.76. The number of imidazole rings is 2. The highest BCUT2D eigenvalue weighted by Gasteiger charge is 2.32. The number of amides is 3. The van der Waals surface area contributed by atoms with Crippen LogP contribution in [-0.4, -0.2) is 84.1 Å². The minimum absolute atomic E-state index is 0.0224. The van der Waals surface area contributed by atoms with Crippen LogP contribution < -0.4 is 21.7 Å². The van der Waals surface area contributed by atoms with E-state index in [1.165, 1.54) is 32.0 Å². The number of aliphatic hydroxyl groups is 1. The Morgan fingerprint density at radius 1 is 0.846 bits per heavy atom. The van der Waals surface area contributed by atoms with Crippen molar-refractivity contribution in [2.75, 3.05) is 0 Å². The van der Waals surface area contributed by atoms with Gasteiger partial charge in [-0.05, 0) is 12.5 Å². The van der Waals surface area contributed by atoms with Gasteiger partial charge in [-0.3, -0.25) is 14.4 Å². The van der Waals surface area contributed by atoms with Gasteiger partial charge >= 0.3 is 5.97 Å². The number of carboxylic acids is 1. The van der Waals surface area contributed by atoms with Crippen molar-refractivity contribution in [1.29, 1.82) is 0 Å². The number of carbonyl (C=O) groups excluding carboxylic acids is 3. The molecule has 0 fully saturated rings. The minimum atomic E-state index is -1.43. The molecule has 2 heterocycles. The first kappa shape index (κ1) is 29.0. The number of hydrogen-bond donors (Lipinski definition) is 8. The van der Waals surface area contributed by atoms with E-state index < -0.39 is 54.0 Å². The van der Waals surface area contributed by atoms with Crippen LogP contribution in [0.3, 0.4) is 0 Å². The number of nitrogens with two attached hydrogens (primary N) is 1. The van der Waals surface area contributed by atoms with E-state index in [9.17, 15) is 29.4 Å². The van der Waals surface area contributed by atoms with Crippen LogP contribution in [0.15, 0.2) is 55.4 Å². The summed E-state index contributed by atoms with van der Waals surface area (Å²) in [6.45, 7) is 1.31. The van der Waals surface area contributed by atoms with Crippen molar-refractivity contribution in [2.45, 2.75) is 56.5 Å². The van der Waals surface area contributed by atoms with Gasteiger partial charge < -0.3 is 41.9 Å². The lowest BCUT2D eigenvalue weighted by Crippen LogP contribution is -2.60. The molecule has 0 aliphatic heterocycles. The zero-order chi connectivity index (χ0) is 28.4. The average molecular weight is 541 g/mol. The standard InChI is InChI=1S/C25H32N8O6/c1-14(34)21(33-22(35)18(26)8-16-10-27-12-29-16)24(37)31-19(7-15-5-3-2-4-6-15)23(36)32-20(25(38)39)9-17-11-28-13-30-17/h2-6,10-14,18-21,34H,7-9,26H2,1H3,(H,27,29)(H,28,30)(H,31,37)(H,32,36)(H,33,35)(H,38,39). The second kappa shape index (κ2) is 13.8. The van der Waals surface area contributed by atoms with Gasteiger partial charge in [0.15, 0.2) is 0 Å². The predicted octanol–water partition coefficient (Wildman–Crippen LogP) is -1.59. The average Bonchev–Trinajstić information content (AvgIpc) is 3.61. The fourth-order valence-corrected chi connectivity index (χ4v) is 3.80. The lowest BCUT2D eigenvalue weighted by atomic mass is 10.0. The van der Waals surface area contributed by atoms with Crippen molar-refractivity contribution in [1.82, 2.24) is 35.9 Å². The summed E-state index contributed by atoms with van der Waals surface area (Å²) in [7, 11) is 0. The van der Waals surface area contributed by atoms with E-state index in [1.807, 2.05) is 0 Å². The summed E-state index contributed by atoms with van der Waals surface area (Å²) in [5.41, 5.74) is 7.74. The lowest BCUT2D eigenvalue weighted by Gasteiger charge is -2.26. The molecule has 0 aliphatic rings. The maximum absolute atomic E-state index is 13.2. The third-order valence-electron chi connectivity index (χ3n) is 5.90. The molecule has 5 unspecified atom stereocenters. The van der Waals surface area contributed by atoms with Crippen molar-refractivity contribution >= 4 is 23.7 Å². The Morgan fingerprint density at radius 2 is 1.44 bits per heavy atom. The van der Waals surface area contributed by atoms with Crippen molar-refractivity contribution in [2.24, 2.45) is 5.73 Å². The summed E-state index contributed by atoms with van der Waals surface area (Å²) < 4.78 is 0. The van der Waals surface area contributed by atoms with Crippen LogP contribution >= 0.6 is 0 Å². The van der Waals surface area contributed by atoms with Crippen molar-refractivity contribution in [3.63, 3.8) is 0 Å². The summed E-state index contributed by atoms with van der Waals surface area (Å²) >= 11 is 0. The second-order valence-electron chi connectivity index (χ2n) is 9.05. The summed E-state index contributed by atoms with van der Waals surface area (Å²) in [6.07, 6.45) is 4.52. The van der Waals surface area contributed by atoms with Gasteiger partial charge in [0.05, 0.1) is 24.8 Å². The molecule has 3 aromatic rings. The Bertz CT molecular complexity index is 1220. The van der Waals surface area contributed by atoms with E-state index >= 15 is 0 Å². The maximum atomic E-state index is 13.2. The smallest absolute Gasteiger partial charge is 0.326 e. The molecule has 0 bridgehead atoms. The molecular weight excluding hydrogens is 508 g/mol. The van der Waals surface area contributed by atoms with Crippen molar-refractivity contribution in [3.05, 3.63) is 72.3 Å². The molecule has 1 aromatic carbocycles. The molecule has 14 heteroatoms. The summed E-state index contributed by atoms with van der Waals surface area (Å²) in [5.74, 6) is -3.57. The number of nitrogens with zero attached hydrogens (tertiary/aromatic N) is 2. The van der Waals surface area contributed by atoms with E-state index in [4.69, 9.17) is 5.73 Å². The van der Waals surface area contributed by atoms with Gasteiger partial charge in [-0.15, -0.1) is 0 Å². The topological polar surface area (TPSA) is 228 Å². The number of aliphatic hydroxyl groups excluding tert-OH is 1. The molecule has 0 radical (unpaired) electrons. The number of rotatable bonds is 14. The zero-order valence-electron chi connectivity index (χ0n) is 21.2. The maximum Gasteiger partial charge on any atom is 0.326 e. The van der Waals surface area contributed by atoms with Gasteiger partial charge in [0.2, 0.25) is 17.7 Å². The monoisotopic (exact) mass is 540 g/mol. The first-order valence-electron chi connectivity index (χ1n) is 12.2. The van der Waals surface area contributed by atoms with E-state index in [0.29, 0.717) is 17.0 Å². The molecule has 208 valence electrons. The predicted molar refractivity (Wildman–Crippen MR) is 138 cm³/mol. The Kier molecular flexibility index (Phi) is 10.3. The molecule has 9 N–H and O–H groups in total. The van der Waals surface area contributed by atoms with Crippen molar-refractivity contribution in [3.8, 4) is 0 Å². The van der Waals surface area contributed by atoms with E-state index in [-0.39, 0.29) is 19.3 Å². The largest absolute Gasteiger partial charge is 0.480 e. The van der Waals surface area contributed by atoms with E-state index in [0.717, 1.165) is 0 Å². The molecule has 3 amide bonds. The molecule has 14 nitrogen and oxygen atoms in total. The molecule has 0 spiro atoms. The first-order chi connectivity index (χ1) is 18.6. The van der Waals surface area contributed by atoms with Gasteiger partial charge in [0.1, 0.15) is 18.1 Å². The van der Waals surface area contributed by atoms with Gasteiger partial charge in [-0.25, -0.2) is 14.8 Å². The summed E-state index contributed by atoms with van der Waals surface area (Å²) in [5, 5.41) is 27.3. The molecule has 0 saturated heterocycles. The Balaban J connectivity index is 1.73. The number of carbonyl (C=O) groups is 4. The van der Waals surface area contributed by atoms with Crippen LogP contribution in [0.2, 0.25) is 0 Å². The Morgan fingerprint density at radius 3 is 1.97 bits per heavy atom. The highest BCUT2D eigenvalue weighted by atomic mass is 16.4. The second-order valence-corrected chi connectivity index (χ2v) is 9.05. The molecule has 39 heavy (non-hydrogen) atoms. The fourth-order valence-electron chi connectivity index (χ4n) is 3.80. The number of H-pyrrole nitrogens is 2. The van der Waals surface area contributed by atoms with Gasteiger partial charge in [-0.1, -0.05) is 30.3 Å². The highest BCUT2D eigenvalue weighted by molar-refractivity contribution is 5.94. The van der Waals surface area contributed by atoms with Crippen LogP contribution in [0.5, 0.6) is 0 Å². The molecule has 2 aromatic heterocycles. The third-order valence-corrected chi connectivity index (χ3v) is 5.90. The lowest BCUT2D eigenvalue weighted by molar-refractivity contribution is -0.142. The van der Waals surface area contributed by atoms with E-state index in [1.54, 1.807) is 30.3 Å². The number of benzene rings is 1. The fraction of sp³-hybridized carbons (Fsp3) is 0.360. The normalized spacial score (nSPS) is 14.8. The molecule has 5 atom stereocenters. The van der Waals surface area contributed by atoms with E-state index in [2.05, 4.69) is 35.9 Å². The minimum Gasteiger partial charge on any atom is -0.480 e. The number of hydrogen-bond acceptors (Lipinski definition) is 8. The van der Waals surface area contributed by atoms with Gasteiger partial charge in [0.25, 0.3) is 0 Å². The number of aromatic nitrogens is 4. The van der Waals surface area contributed by atoms with Crippen LogP contribution in [0.25, 0.3) is 0 Å². The zero-order valence-corrected chi connectivity index (χ0v) is 21.2. The number of aromatic amines is 2. The summed E-state index contributed by atoms with van der Waals surface area (Å²) in [4.78, 5) is 64.2. The van der Waals surface area contributed by atoms with Gasteiger partial charge in [-0.2, -0.15) is 0 Å². The van der Waals surface area contributed by atoms with Crippen LogP contribution in [0, 0.1) is 0 Å². The summed E-state index contributed by atoms with van der Waals surface area (Å²) in [6, 6.07) is 3.78. The first-order valence-corrected chi connectivity index (χ1v) is 12.2. The van der Waals surface area contributed by atoms with Gasteiger partial charge in [0, 0.05) is 43.0 Å². The number of carboxylic acid groups (broad SMARTS) is 1. The number of nitrogens with one attached hydrogen (secondary N) is 5. The Labute approximate surface area is 223 Å². The highest BCUT2D eigenvalue weighted by Crippen LogP contribution is 2.07. The van der Waals surface area contributed by atoms with Crippen LogP contribution in [-0.2, 0) is 38.4 Å². The molecule has 0 saturated carbocycles. The van der Waals surface area contributed by atoms with Crippen LogP contribution in [0.4, 0.5) is 0 Å². The molecular formula is C25H32N8O6. The van der Waals surface area contributed by atoms with Crippen molar-refractivity contribution < 1.29 is 29.4 Å². The quantitative estimate of drug-likeness (QED) is 0.118. The molecule has 3 rings (SSSR count). The molecule has 0 aliphatic carbocycles. The SMILES string of the molecule is CC(O)C(NC(=O)C(N)Cc1cnc[nH]1)C(=O)NC(Cc1ccccc1)C(=O)NC(Cc1cnc[nH]1)C(=O)O. The Hall–Kier alpha value is -4.56. The van der Waals surface area contributed by atoms with Crippen LogP contribution in [0.1, 0.15) is 23.9 Å². The number of aliphatic carboxylic acids is 1.